The van der Waals surface area contributed by atoms with E-state index in [-0.39, 0.29) is 24.2 Å². The van der Waals surface area contributed by atoms with Crippen LogP contribution in [0.5, 0.6) is 0 Å². The number of ether oxygens (including phenoxy) is 1. The number of nitrogens with zero attached hydrogens (tertiary/aromatic N) is 1. The zero-order chi connectivity index (χ0) is 19.9. The summed E-state index contributed by atoms with van der Waals surface area (Å²) < 4.78 is 5.32. The van der Waals surface area contributed by atoms with Crippen molar-refractivity contribution in [2.45, 2.75) is 52.5 Å². The third-order valence-electron chi connectivity index (χ3n) is 4.54. The van der Waals surface area contributed by atoms with Crippen LogP contribution in [-0.4, -0.2) is 41.6 Å². The number of carbonyl (C=O) groups is 2. The third-order valence-corrected chi connectivity index (χ3v) is 4.54. The van der Waals surface area contributed by atoms with Crippen LogP contribution in [0.4, 0.5) is 4.79 Å². The molecule has 0 bridgehead atoms. The summed E-state index contributed by atoms with van der Waals surface area (Å²) in [5.41, 5.74) is 7.36. The molecule has 0 aromatic rings. The van der Waals surface area contributed by atoms with E-state index in [0.717, 1.165) is 25.7 Å². The van der Waals surface area contributed by atoms with Gasteiger partial charge in [-0.25, -0.2) is 4.79 Å². The van der Waals surface area contributed by atoms with Crippen LogP contribution >= 0.6 is 0 Å². The van der Waals surface area contributed by atoms with Crippen LogP contribution in [-0.2, 0) is 9.53 Å². The van der Waals surface area contributed by atoms with E-state index in [0.29, 0.717) is 22.4 Å². The molecule has 1 aliphatic rings. The lowest BCUT2D eigenvalue weighted by atomic mass is 10.1. The first kappa shape index (κ1) is 21.5. The maximum absolute atomic E-state index is 12.2. The second kappa shape index (κ2) is 9.85. The molecule has 0 saturated heterocycles. The molecule has 0 spiro atoms. The van der Waals surface area contributed by atoms with Crippen molar-refractivity contribution >= 4 is 11.9 Å². The Morgan fingerprint density at radius 1 is 1.23 bits per heavy atom. The average molecular weight is 362 g/mol. The molecule has 1 aliphatic carbocycles. The maximum atomic E-state index is 12.2. The van der Waals surface area contributed by atoms with Gasteiger partial charge in [0.2, 0.25) is 0 Å². The fourth-order valence-corrected chi connectivity index (χ4v) is 2.71. The second-order valence-electron chi connectivity index (χ2n) is 6.77. The smallest absolute Gasteiger partial charge is 0.410 e. The van der Waals surface area contributed by atoms with Gasteiger partial charge in [-0.15, -0.1) is 0 Å². The fraction of sp³-hybridized carbons (Fsp3) is 0.500. The Morgan fingerprint density at radius 2 is 1.81 bits per heavy atom. The molecule has 0 aliphatic heterocycles. The molecule has 1 rings (SSSR count). The number of carbonyl (C=O) groups excluding carboxylic acids is 2. The highest BCUT2D eigenvalue weighted by molar-refractivity contribution is 6.03. The lowest BCUT2D eigenvalue weighted by Crippen LogP contribution is -2.36. The van der Waals surface area contributed by atoms with Crippen molar-refractivity contribution in [3.8, 4) is 0 Å². The molecule has 6 nitrogen and oxygen atoms in total. The summed E-state index contributed by atoms with van der Waals surface area (Å²) in [5, 5.41) is 10.4. The molecule has 6 heteroatoms. The number of amides is 1. The van der Waals surface area contributed by atoms with Crippen molar-refractivity contribution in [2.24, 2.45) is 5.73 Å². The molecule has 26 heavy (non-hydrogen) atoms. The lowest BCUT2D eigenvalue weighted by Gasteiger charge is -2.24. The highest BCUT2D eigenvalue weighted by atomic mass is 16.6. The number of aliphatic hydroxyl groups excluding tert-OH is 1. The summed E-state index contributed by atoms with van der Waals surface area (Å²) in [7, 11) is 1.73. The van der Waals surface area contributed by atoms with Crippen LogP contribution in [0.25, 0.3) is 0 Å². The van der Waals surface area contributed by atoms with Gasteiger partial charge in [0.25, 0.3) is 0 Å². The minimum atomic E-state index is -0.436. The zero-order valence-electron chi connectivity index (χ0n) is 16.2. The van der Waals surface area contributed by atoms with E-state index in [1.165, 1.54) is 12.2 Å². The van der Waals surface area contributed by atoms with Gasteiger partial charge in [0.05, 0.1) is 0 Å². The van der Waals surface area contributed by atoms with Crippen molar-refractivity contribution in [3.63, 3.8) is 0 Å². The maximum Gasteiger partial charge on any atom is 0.410 e. The summed E-state index contributed by atoms with van der Waals surface area (Å²) in [4.78, 5) is 25.4. The molecule has 1 amide bonds. The SMILES string of the molecule is C=C(C)C(=O)\C=C/C(C)=C(O)\C(COC(=O)N(C)C1CCCC1)=C(\C)N. The molecular weight excluding hydrogens is 332 g/mol. The van der Waals surface area contributed by atoms with Crippen molar-refractivity contribution in [1.29, 1.82) is 0 Å². The molecule has 0 unspecified atom stereocenters. The predicted octanol–water partition coefficient (Wildman–Crippen LogP) is 3.76. The van der Waals surface area contributed by atoms with Crippen LogP contribution in [0.3, 0.4) is 0 Å². The number of ketones is 1. The summed E-state index contributed by atoms with van der Waals surface area (Å²) in [6, 6.07) is 0.205. The van der Waals surface area contributed by atoms with Gasteiger partial charge in [-0.05, 0) is 50.8 Å². The monoisotopic (exact) mass is 362 g/mol. The molecule has 0 atom stereocenters. The van der Waals surface area contributed by atoms with Gasteiger partial charge in [0, 0.05) is 24.4 Å². The van der Waals surface area contributed by atoms with Gasteiger partial charge in [-0.3, -0.25) is 4.79 Å². The molecule has 0 radical (unpaired) electrons. The Bertz CT molecular complexity index is 649. The van der Waals surface area contributed by atoms with Gasteiger partial charge >= 0.3 is 6.09 Å². The number of allylic oxidation sites excluding steroid dienone is 5. The number of hydrogen-bond acceptors (Lipinski definition) is 5. The van der Waals surface area contributed by atoms with Crippen LogP contribution in [0.1, 0.15) is 46.5 Å². The number of rotatable bonds is 7. The largest absolute Gasteiger partial charge is 0.507 e. The summed E-state index contributed by atoms with van der Waals surface area (Å²) in [5.74, 6) is -0.330. The fourth-order valence-electron chi connectivity index (χ4n) is 2.71. The van der Waals surface area contributed by atoms with Gasteiger partial charge in [-0.2, -0.15) is 0 Å². The van der Waals surface area contributed by atoms with Gasteiger partial charge in [0.1, 0.15) is 12.4 Å². The van der Waals surface area contributed by atoms with Gasteiger partial charge in [-0.1, -0.05) is 25.5 Å². The van der Waals surface area contributed by atoms with Crippen molar-refractivity contribution in [3.05, 3.63) is 46.9 Å². The predicted molar refractivity (Wildman–Crippen MR) is 103 cm³/mol. The highest BCUT2D eigenvalue weighted by Crippen LogP contribution is 2.23. The molecule has 1 fully saturated rings. The minimum absolute atomic E-state index is 0.105. The Labute approximate surface area is 155 Å². The zero-order valence-corrected chi connectivity index (χ0v) is 16.2. The van der Waals surface area contributed by atoms with Crippen LogP contribution in [0, 0.1) is 0 Å². The molecule has 0 aromatic heterocycles. The van der Waals surface area contributed by atoms with E-state index in [1.807, 2.05) is 0 Å². The molecule has 0 heterocycles. The van der Waals surface area contributed by atoms with E-state index in [1.54, 1.807) is 32.7 Å². The Kier molecular flexibility index (Phi) is 8.16. The van der Waals surface area contributed by atoms with Crippen LogP contribution in [0.2, 0.25) is 0 Å². The van der Waals surface area contributed by atoms with E-state index >= 15 is 0 Å². The lowest BCUT2D eigenvalue weighted by molar-refractivity contribution is -0.111. The summed E-state index contributed by atoms with van der Waals surface area (Å²) in [6.07, 6.45) is 6.58. The van der Waals surface area contributed by atoms with Crippen LogP contribution < -0.4 is 5.73 Å². The minimum Gasteiger partial charge on any atom is -0.507 e. The summed E-state index contributed by atoms with van der Waals surface area (Å²) >= 11 is 0. The number of nitrogens with two attached hydrogens (primary N) is 1. The Morgan fingerprint density at radius 3 is 2.31 bits per heavy atom. The first-order valence-corrected chi connectivity index (χ1v) is 8.78. The number of hydrogen-bond donors (Lipinski definition) is 2. The Hall–Kier alpha value is -2.50. The topological polar surface area (TPSA) is 92.9 Å². The first-order valence-electron chi connectivity index (χ1n) is 8.78. The van der Waals surface area contributed by atoms with E-state index in [2.05, 4.69) is 6.58 Å². The van der Waals surface area contributed by atoms with Crippen LogP contribution in [0.15, 0.2) is 46.9 Å². The van der Waals surface area contributed by atoms with E-state index in [4.69, 9.17) is 10.5 Å². The first-order chi connectivity index (χ1) is 12.1. The quantitative estimate of drug-likeness (QED) is 0.409. The van der Waals surface area contributed by atoms with Crippen molar-refractivity contribution in [2.75, 3.05) is 13.7 Å². The van der Waals surface area contributed by atoms with Crippen molar-refractivity contribution < 1.29 is 19.4 Å². The molecule has 0 aromatic carbocycles. The standard InChI is InChI=1S/C20H30N2O4/c1-13(2)18(23)11-10-14(3)19(24)17(15(4)21)12-26-20(25)22(5)16-8-6-7-9-16/h10-11,16,24H,1,6-9,12,21H2,2-5H3/b11-10-,17-15-,19-14+. The number of aliphatic hydroxyl groups is 1. The highest BCUT2D eigenvalue weighted by Gasteiger charge is 2.25. The normalized spacial score (nSPS) is 16.9. The molecular formula is C20H30N2O4. The second-order valence-corrected chi connectivity index (χ2v) is 6.77. The molecule has 3 N–H and O–H groups in total. The molecule has 1 saturated carbocycles. The van der Waals surface area contributed by atoms with E-state index in [9.17, 15) is 14.7 Å². The average Bonchev–Trinajstić information content (AvgIpc) is 3.12. The van der Waals surface area contributed by atoms with E-state index < -0.39 is 6.09 Å². The molecule has 144 valence electrons. The van der Waals surface area contributed by atoms with Crippen molar-refractivity contribution in [1.82, 2.24) is 4.90 Å². The Balaban J connectivity index is 2.80. The third kappa shape index (κ3) is 6.10. The van der Waals surface area contributed by atoms with Gasteiger partial charge < -0.3 is 20.5 Å². The van der Waals surface area contributed by atoms with Gasteiger partial charge in [0.15, 0.2) is 5.78 Å². The summed E-state index contributed by atoms with van der Waals surface area (Å²) in [6.45, 7) is 8.31.